The molecule has 0 aromatic heterocycles. The molecule has 1 amide bonds. The molecule has 0 radical (unpaired) electrons. The van der Waals surface area contributed by atoms with Crippen LogP contribution in [0.3, 0.4) is 0 Å². The minimum atomic E-state index is -0.388. The van der Waals surface area contributed by atoms with E-state index in [1.807, 2.05) is 24.3 Å². The molecule has 0 atom stereocenters. The standard InChI is InChI=1S/C17H14FNOS/c18-12-4-2-5-13(10-12)21-14-7-8-15-11(9-14)3-1-6-16(15)17(19)20/h2,4-10H,1,3H2,(H2,19,20). The van der Waals surface area contributed by atoms with Crippen LogP contribution < -0.4 is 5.73 Å². The van der Waals surface area contributed by atoms with Gasteiger partial charge in [0, 0.05) is 15.4 Å². The first kappa shape index (κ1) is 13.9. The second-order valence-electron chi connectivity index (χ2n) is 4.90. The van der Waals surface area contributed by atoms with Crippen LogP contribution in [0.2, 0.25) is 0 Å². The molecule has 1 aliphatic rings. The Morgan fingerprint density at radius 2 is 1.95 bits per heavy atom. The van der Waals surface area contributed by atoms with Gasteiger partial charge in [0.2, 0.25) is 5.91 Å². The normalized spacial score (nSPS) is 13.5. The fourth-order valence-corrected chi connectivity index (χ4v) is 3.41. The Morgan fingerprint density at radius 1 is 1.14 bits per heavy atom. The average Bonchev–Trinajstić information content (AvgIpc) is 2.46. The van der Waals surface area contributed by atoms with Gasteiger partial charge in [-0.15, -0.1) is 0 Å². The number of hydrogen-bond acceptors (Lipinski definition) is 2. The number of carbonyl (C=O) groups is 1. The topological polar surface area (TPSA) is 43.1 Å². The highest BCUT2D eigenvalue weighted by atomic mass is 32.2. The monoisotopic (exact) mass is 299 g/mol. The summed E-state index contributed by atoms with van der Waals surface area (Å²) in [6, 6.07) is 12.4. The molecule has 2 aromatic rings. The van der Waals surface area contributed by atoms with Crippen molar-refractivity contribution in [2.24, 2.45) is 5.73 Å². The van der Waals surface area contributed by atoms with Gasteiger partial charge in [-0.05, 0) is 54.3 Å². The van der Waals surface area contributed by atoms with Gasteiger partial charge >= 0.3 is 0 Å². The van der Waals surface area contributed by atoms with Crippen LogP contribution in [0, 0.1) is 5.82 Å². The van der Waals surface area contributed by atoms with E-state index in [0.717, 1.165) is 33.8 Å². The van der Waals surface area contributed by atoms with Gasteiger partial charge in [-0.25, -0.2) is 4.39 Å². The highest BCUT2D eigenvalue weighted by Gasteiger charge is 2.17. The van der Waals surface area contributed by atoms with E-state index >= 15 is 0 Å². The summed E-state index contributed by atoms with van der Waals surface area (Å²) in [5.41, 5.74) is 8.03. The summed E-state index contributed by atoms with van der Waals surface area (Å²) in [6.45, 7) is 0. The number of nitrogens with two attached hydrogens (primary N) is 1. The Morgan fingerprint density at radius 3 is 2.71 bits per heavy atom. The number of aryl methyl sites for hydroxylation is 1. The van der Waals surface area contributed by atoms with E-state index in [-0.39, 0.29) is 11.7 Å². The SMILES string of the molecule is NC(=O)C1=CCCc2cc(Sc3cccc(F)c3)ccc21. The van der Waals surface area contributed by atoms with Crippen LogP contribution in [0.5, 0.6) is 0 Å². The zero-order valence-corrected chi connectivity index (χ0v) is 12.1. The zero-order valence-electron chi connectivity index (χ0n) is 11.3. The molecule has 106 valence electrons. The Balaban J connectivity index is 1.90. The lowest BCUT2D eigenvalue weighted by molar-refractivity contribution is -0.112. The first-order chi connectivity index (χ1) is 10.1. The fourth-order valence-electron chi connectivity index (χ4n) is 2.49. The van der Waals surface area contributed by atoms with Crippen molar-refractivity contribution >= 4 is 23.2 Å². The van der Waals surface area contributed by atoms with Gasteiger partial charge in [-0.3, -0.25) is 4.79 Å². The lowest BCUT2D eigenvalue weighted by Gasteiger charge is -2.16. The Kier molecular flexibility index (Phi) is 3.80. The number of allylic oxidation sites excluding steroid dienone is 1. The minimum absolute atomic E-state index is 0.239. The number of halogens is 1. The molecule has 2 nitrogen and oxygen atoms in total. The van der Waals surface area contributed by atoms with E-state index in [0.29, 0.717) is 5.57 Å². The minimum Gasteiger partial charge on any atom is -0.366 e. The first-order valence-electron chi connectivity index (χ1n) is 6.70. The van der Waals surface area contributed by atoms with Gasteiger partial charge in [0.25, 0.3) is 0 Å². The molecule has 1 aliphatic carbocycles. The molecule has 0 saturated carbocycles. The van der Waals surface area contributed by atoms with E-state index in [1.165, 1.54) is 23.9 Å². The van der Waals surface area contributed by atoms with Crippen molar-refractivity contribution in [2.45, 2.75) is 22.6 Å². The first-order valence-corrected chi connectivity index (χ1v) is 7.52. The van der Waals surface area contributed by atoms with Gasteiger partial charge in [-0.2, -0.15) is 0 Å². The number of primary amides is 1. The molecule has 2 aromatic carbocycles. The van der Waals surface area contributed by atoms with Crippen LogP contribution in [0.15, 0.2) is 58.3 Å². The van der Waals surface area contributed by atoms with Crippen LogP contribution in [-0.4, -0.2) is 5.91 Å². The third-order valence-electron chi connectivity index (χ3n) is 3.43. The van der Waals surface area contributed by atoms with Crippen molar-refractivity contribution < 1.29 is 9.18 Å². The fraction of sp³-hybridized carbons (Fsp3) is 0.118. The van der Waals surface area contributed by atoms with Crippen molar-refractivity contribution in [3.8, 4) is 0 Å². The van der Waals surface area contributed by atoms with Crippen LogP contribution in [0.1, 0.15) is 17.5 Å². The van der Waals surface area contributed by atoms with E-state index in [1.54, 1.807) is 6.07 Å². The van der Waals surface area contributed by atoms with E-state index in [2.05, 4.69) is 6.07 Å². The molecule has 21 heavy (non-hydrogen) atoms. The maximum atomic E-state index is 13.2. The summed E-state index contributed by atoms with van der Waals surface area (Å²) in [6.07, 6.45) is 3.60. The molecule has 0 spiro atoms. The second kappa shape index (κ2) is 5.74. The number of rotatable bonds is 3. The Labute approximate surface area is 126 Å². The maximum Gasteiger partial charge on any atom is 0.248 e. The van der Waals surface area contributed by atoms with Crippen LogP contribution in [0.25, 0.3) is 5.57 Å². The number of amides is 1. The quantitative estimate of drug-likeness (QED) is 0.937. The van der Waals surface area contributed by atoms with Gasteiger partial charge in [0.05, 0.1) is 0 Å². The molecule has 0 fully saturated rings. The molecule has 0 unspecified atom stereocenters. The van der Waals surface area contributed by atoms with Crippen LogP contribution in [-0.2, 0) is 11.2 Å². The summed E-state index contributed by atoms with van der Waals surface area (Å²) in [5.74, 6) is -0.626. The Hall–Kier alpha value is -2.07. The highest BCUT2D eigenvalue weighted by Crippen LogP contribution is 2.33. The molecule has 3 rings (SSSR count). The van der Waals surface area contributed by atoms with Crippen molar-refractivity contribution in [3.63, 3.8) is 0 Å². The average molecular weight is 299 g/mol. The summed E-state index contributed by atoms with van der Waals surface area (Å²) in [4.78, 5) is 13.3. The number of benzene rings is 2. The van der Waals surface area contributed by atoms with E-state index in [4.69, 9.17) is 5.73 Å². The van der Waals surface area contributed by atoms with Gasteiger partial charge < -0.3 is 5.73 Å². The third kappa shape index (κ3) is 3.00. The molecule has 2 N–H and O–H groups in total. The lowest BCUT2D eigenvalue weighted by Crippen LogP contribution is -2.16. The smallest absolute Gasteiger partial charge is 0.248 e. The summed E-state index contributed by atoms with van der Waals surface area (Å²) >= 11 is 1.51. The van der Waals surface area contributed by atoms with Gasteiger partial charge in [0.1, 0.15) is 5.82 Å². The number of fused-ring (bicyclic) bond motifs is 1. The molecule has 0 bridgehead atoms. The second-order valence-corrected chi connectivity index (χ2v) is 6.05. The van der Waals surface area contributed by atoms with Gasteiger partial charge in [0.15, 0.2) is 0 Å². The third-order valence-corrected chi connectivity index (χ3v) is 4.41. The molecule has 0 heterocycles. The van der Waals surface area contributed by atoms with Crippen molar-refractivity contribution in [2.75, 3.05) is 0 Å². The van der Waals surface area contributed by atoms with Crippen molar-refractivity contribution in [3.05, 3.63) is 65.5 Å². The largest absolute Gasteiger partial charge is 0.366 e. The number of carbonyl (C=O) groups excluding carboxylic acids is 1. The molecule has 0 saturated heterocycles. The lowest BCUT2D eigenvalue weighted by atomic mass is 9.90. The predicted octanol–water partition coefficient (Wildman–Crippen LogP) is 3.79. The van der Waals surface area contributed by atoms with Crippen molar-refractivity contribution in [1.29, 1.82) is 0 Å². The summed E-state index contributed by atoms with van der Waals surface area (Å²) in [7, 11) is 0. The molecular weight excluding hydrogens is 285 g/mol. The summed E-state index contributed by atoms with van der Waals surface area (Å²) < 4.78 is 13.2. The van der Waals surface area contributed by atoms with Gasteiger partial charge in [-0.1, -0.05) is 30.0 Å². The molecule has 0 aliphatic heterocycles. The van der Waals surface area contributed by atoms with Crippen LogP contribution >= 0.6 is 11.8 Å². The Bertz CT molecular complexity index is 739. The predicted molar refractivity (Wildman–Crippen MR) is 82.5 cm³/mol. The van der Waals surface area contributed by atoms with Crippen molar-refractivity contribution in [1.82, 2.24) is 0 Å². The highest BCUT2D eigenvalue weighted by molar-refractivity contribution is 7.99. The maximum absolute atomic E-state index is 13.2. The zero-order chi connectivity index (χ0) is 14.8. The van der Waals surface area contributed by atoms with E-state index < -0.39 is 0 Å². The van der Waals surface area contributed by atoms with Crippen LogP contribution in [0.4, 0.5) is 4.39 Å². The molecular formula is C17H14FNOS. The number of hydrogen-bond donors (Lipinski definition) is 1. The summed E-state index contributed by atoms with van der Waals surface area (Å²) in [5, 5.41) is 0. The van der Waals surface area contributed by atoms with E-state index in [9.17, 15) is 9.18 Å². The molecule has 4 heteroatoms.